The Bertz CT molecular complexity index is 759. The standard InChI is InChI=1S/C23H27ClO3/c1-3-4-5-6-11-17-16-26-23(18-12-7-9-14-20(18)24)27-22(17)19-13-8-10-15-21(19)25-2/h5-10,12-15,17,22-23H,3-4,11,16H2,1-2H3/t17-,22+,23+/m1/s1. The first kappa shape index (κ1) is 19.9. The molecular formula is C23H27ClO3. The Labute approximate surface area is 166 Å². The maximum Gasteiger partial charge on any atom is 0.186 e. The highest BCUT2D eigenvalue weighted by molar-refractivity contribution is 6.31. The van der Waals surface area contributed by atoms with Gasteiger partial charge in [-0.15, -0.1) is 0 Å². The molecule has 144 valence electrons. The van der Waals surface area contributed by atoms with Gasteiger partial charge in [0.15, 0.2) is 6.29 Å². The molecule has 0 spiro atoms. The summed E-state index contributed by atoms with van der Waals surface area (Å²) in [6, 6.07) is 15.7. The first-order valence-corrected chi connectivity index (χ1v) is 9.91. The Balaban J connectivity index is 1.87. The zero-order valence-corrected chi connectivity index (χ0v) is 16.7. The molecule has 0 aliphatic carbocycles. The summed E-state index contributed by atoms with van der Waals surface area (Å²) in [5, 5.41) is 0.655. The molecule has 1 heterocycles. The Morgan fingerprint density at radius 1 is 1.07 bits per heavy atom. The third kappa shape index (κ3) is 4.92. The van der Waals surface area contributed by atoms with Crippen LogP contribution in [0.15, 0.2) is 60.7 Å². The molecule has 0 amide bonds. The molecule has 0 radical (unpaired) electrons. The van der Waals surface area contributed by atoms with Gasteiger partial charge in [-0.25, -0.2) is 0 Å². The average Bonchev–Trinajstić information content (AvgIpc) is 2.72. The molecule has 0 aromatic heterocycles. The lowest BCUT2D eigenvalue weighted by Crippen LogP contribution is -2.30. The average molecular weight is 387 g/mol. The van der Waals surface area contributed by atoms with Crippen LogP contribution in [0.2, 0.25) is 5.02 Å². The van der Waals surface area contributed by atoms with E-state index < -0.39 is 6.29 Å². The van der Waals surface area contributed by atoms with Gasteiger partial charge in [-0.2, -0.15) is 0 Å². The Morgan fingerprint density at radius 2 is 1.81 bits per heavy atom. The number of ether oxygens (including phenoxy) is 3. The summed E-state index contributed by atoms with van der Waals surface area (Å²) in [6.07, 6.45) is 7.01. The highest BCUT2D eigenvalue weighted by atomic mass is 35.5. The Morgan fingerprint density at radius 3 is 2.56 bits per heavy atom. The number of hydrogen-bond donors (Lipinski definition) is 0. The van der Waals surface area contributed by atoms with Gasteiger partial charge in [0.05, 0.1) is 19.8 Å². The molecule has 3 rings (SSSR count). The van der Waals surface area contributed by atoms with Gasteiger partial charge in [0, 0.05) is 22.1 Å². The molecule has 2 aromatic rings. The molecule has 2 aromatic carbocycles. The van der Waals surface area contributed by atoms with Crippen LogP contribution < -0.4 is 4.74 Å². The van der Waals surface area contributed by atoms with Gasteiger partial charge in [0.2, 0.25) is 0 Å². The number of benzene rings is 2. The fourth-order valence-electron chi connectivity index (χ4n) is 3.39. The molecule has 27 heavy (non-hydrogen) atoms. The van der Waals surface area contributed by atoms with Gasteiger partial charge in [-0.3, -0.25) is 0 Å². The minimum Gasteiger partial charge on any atom is -0.496 e. The lowest BCUT2D eigenvalue weighted by Gasteiger charge is -2.37. The van der Waals surface area contributed by atoms with Crippen molar-refractivity contribution in [3.05, 3.63) is 76.8 Å². The van der Waals surface area contributed by atoms with E-state index >= 15 is 0 Å². The number of methoxy groups -OCH3 is 1. The second-order valence-corrected chi connectivity index (χ2v) is 7.15. The van der Waals surface area contributed by atoms with E-state index in [1.54, 1.807) is 7.11 Å². The molecule has 3 nitrogen and oxygen atoms in total. The molecule has 1 aliphatic heterocycles. The van der Waals surface area contributed by atoms with E-state index in [1.165, 1.54) is 0 Å². The van der Waals surface area contributed by atoms with Gasteiger partial charge in [0.1, 0.15) is 5.75 Å². The maximum absolute atomic E-state index is 6.43. The van der Waals surface area contributed by atoms with Crippen LogP contribution in [0.5, 0.6) is 5.75 Å². The zero-order chi connectivity index (χ0) is 19.1. The first-order valence-electron chi connectivity index (χ1n) is 9.54. The SMILES string of the molecule is CCCC=CC[C@@H]1CO[C@H](c2ccccc2Cl)O[C@@H]1c1ccccc1OC. The lowest BCUT2D eigenvalue weighted by molar-refractivity contribution is -0.244. The Kier molecular flexibility index (Phi) is 7.33. The quantitative estimate of drug-likeness (QED) is 0.508. The summed E-state index contributed by atoms with van der Waals surface area (Å²) >= 11 is 6.37. The molecule has 3 atom stereocenters. The molecule has 1 saturated heterocycles. The normalized spacial score (nSPS) is 22.9. The summed E-state index contributed by atoms with van der Waals surface area (Å²) in [6.45, 7) is 2.79. The van der Waals surface area contributed by atoms with Gasteiger partial charge in [-0.1, -0.05) is 73.5 Å². The van der Waals surface area contributed by atoms with E-state index in [-0.39, 0.29) is 12.0 Å². The van der Waals surface area contributed by atoms with Crippen LogP contribution in [-0.4, -0.2) is 13.7 Å². The Hall–Kier alpha value is -1.81. The van der Waals surface area contributed by atoms with Crippen LogP contribution in [0.25, 0.3) is 0 Å². The van der Waals surface area contributed by atoms with E-state index in [4.69, 9.17) is 25.8 Å². The van der Waals surface area contributed by atoms with Crippen LogP contribution in [0.4, 0.5) is 0 Å². The van der Waals surface area contributed by atoms with Gasteiger partial charge < -0.3 is 14.2 Å². The zero-order valence-electron chi connectivity index (χ0n) is 15.9. The molecule has 0 saturated carbocycles. The fourth-order valence-corrected chi connectivity index (χ4v) is 3.61. The molecule has 4 heteroatoms. The fraction of sp³-hybridized carbons (Fsp3) is 0.391. The van der Waals surface area contributed by atoms with Crippen molar-refractivity contribution in [2.24, 2.45) is 5.92 Å². The monoisotopic (exact) mass is 386 g/mol. The number of unbranched alkanes of at least 4 members (excludes halogenated alkanes) is 1. The van der Waals surface area contributed by atoms with Crippen molar-refractivity contribution in [2.75, 3.05) is 13.7 Å². The summed E-state index contributed by atoms with van der Waals surface area (Å²) < 4.78 is 18.1. The third-order valence-electron chi connectivity index (χ3n) is 4.83. The highest BCUT2D eigenvalue weighted by Gasteiger charge is 2.35. The van der Waals surface area contributed by atoms with Crippen LogP contribution in [0.1, 0.15) is 49.7 Å². The second kappa shape index (κ2) is 9.93. The van der Waals surface area contributed by atoms with Crippen molar-refractivity contribution in [1.29, 1.82) is 0 Å². The molecule has 0 N–H and O–H groups in total. The number of para-hydroxylation sites is 1. The van der Waals surface area contributed by atoms with Crippen molar-refractivity contribution in [3.8, 4) is 5.75 Å². The largest absolute Gasteiger partial charge is 0.496 e. The maximum atomic E-state index is 6.43. The van der Waals surface area contributed by atoms with E-state index in [0.717, 1.165) is 36.1 Å². The van der Waals surface area contributed by atoms with Crippen molar-refractivity contribution >= 4 is 11.6 Å². The number of allylic oxidation sites excluding steroid dienone is 2. The van der Waals surface area contributed by atoms with E-state index in [9.17, 15) is 0 Å². The highest BCUT2D eigenvalue weighted by Crippen LogP contribution is 2.43. The summed E-state index contributed by atoms with van der Waals surface area (Å²) in [5.41, 5.74) is 1.91. The number of rotatable bonds is 7. The van der Waals surface area contributed by atoms with Crippen LogP contribution >= 0.6 is 11.6 Å². The molecule has 1 aliphatic rings. The lowest BCUT2D eigenvalue weighted by atomic mass is 9.91. The van der Waals surface area contributed by atoms with E-state index in [1.807, 2.05) is 42.5 Å². The molecular weight excluding hydrogens is 360 g/mol. The smallest absolute Gasteiger partial charge is 0.186 e. The van der Waals surface area contributed by atoms with Gasteiger partial charge in [0.25, 0.3) is 0 Å². The first-order chi connectivity index (χ1) is 13.2. The minimum atomic E-state index is -0.482. The van der Waals surface area contributed by atoms with E-state index in [2.05, 4.69) is 25.1 Å². The molecule has 0 unspecified atom stereocenters. The van der Waals surface area contributed by atoms with Crippen LogP contribution in [-0.2, 0) is 9.47 Å². The van der Waals surface area contributed by atoms with Crippen molar-refractivity contribution in [1.82, 2.24) is 0 Å². The van der Waals surface area contributed by atoms with Gasteiger partial charge >= 0.3 is 0 Å². The predicted molar refractivity (Wildman–Crippen MR) is 109 cm³/mol. The van der Waals surface area contributed by atoms with Crippen molar-refractivity contribution < 1.29 is 14.2 Å². The van der Waals surface area contributed by atoms with Gasteiger partial charge in [-0.05, 0) is 25.0 Å². The second-order valence-electron chi connectivity index (χ2n) is 6.74. The molecule has 0 bridgehead atoms. The summed E-state index contributed by atoms with van der Waals surface area (Å²) in [7, 11) is 1.69. The predicted octanol–water partition coefficient (Wildman–Crippen LogP) is 6.50. The summed E-state index contributed by atoms with van der Waals surface area (Å²) in [5.74, 6) is 1.05. The summed E-state index contributed by atoms with van der Waals surface area (Å²) in [4.78, 5) is 0. The van der Waals surface area contributed by atoms with Crippen LogP contribution in [0, 0.1) is 5.92 Å². The van der Waals surface area contributed by atoms with Crippen LogP contribution in [0.3, 0.4) is 0 Å². The number of hydrogen-bond acceptors (Lipinski definition) is 3. The van der Waals surface area contributed by atoms with Crippen molar-refractivity contribution in [2.45, 2.75) is 38.6 Å². The molecule has 1 fully saturated rings. The van der Waals surface area contributed by atoms with Crippen molar-refractivity contribution in [3.63, 3.8) is 0 Å². The topological polar surface area (TPSA) is 27.7 Å². The third-order valence-corrected chi connectivity index (χ3v) is 5.17. The minimum absolute atomic E-state index is 0.123. The number of halogens is 1. The van der Waals surface area contributed by atoms with E-state index in [0.29, 0.717) is 11.6 Å².